The molecule has 0 atom stereocenters. The number of hydrogen-bond acceptors (Lipinski definition) is 6. The van der Waals surface area contributed by atoms with E-state index in [0.29, 0.717) is 11.7 Å². The van der Waals surface area contributed by atoms with E-state index in [1.165, 1.54) is 5.69 Å². The van der Waals surface area contributed by atoms with Gasteiger partial charge < -0.3 is 19.9 Å². The van der Waals surface area contributed by atoms with E-state index in [0.717, 1.165) is 37.7 Å². The molecule has 6 heteroatoms. The third kappa shape index (κ3) is 3.95. The number of ether oxygens (including phenoxy) is 1. The minimum atomic E-state index is 0.572. The Hall–Kier alpha value is -3.28. The predicted molar refractivity (Wildman–Crippen MR) is 109 cm³/mol. The number of aromatic nitrogens is 2. The Bertz CT molecular complexity index is 864. The lowest BCUT2D eigenvalue weighted by Gasteiger charge is -2.37. The van der Waals surface area contributed by atoms with Crippen molar-refractivity contribution in [2.45, 2.75) is 0 Å². The number of piperazine rings is 1. The second-order valence-electron chi connectivity index (χ2n) is 6.39. The fraction of sp³-hybridized carbons (Fsp3) is 0.238. The molecular formula is C21H23N5O. The van der Waals surface area contributed by atoms with Crippen molar-refractivity contribution < 1.29 is 4.74 Å². The van der Waals surface area contributed by atoms with Crippen molar-refractivity contribution in [3.8, 4) is 5.75 Å². The standard InChI is InChI=1S/C21H23N5O/c1-27-19-16-22-21(23-17-8-4-2-5-9-17)24-20(19)26-14-12-25(13-15-26)18-10-6-3-7-11-18/h2-11,16H,12-15H2,1H3,(H,22,23,24). The van der Waals surface area contributed by atoms with Crippen LogP contribution in [-0.4, -0.2) is 43.3 Å². The van der Waals surface area contributed by atoms with Gasteiger partial charge in [0, 0.05) is 37.6 Å². The van der Waals surface area contributed by atoms with Crippen LogP contribution in [0.4, 0.5) is 23.1 Å². The molecule has 0 radical (unpaired) electrons. The van der Waals surface area contributed by atoms with Gasteiger partial charge in [-0.1, -0.05) is 36.4 Å². The maximum Gasteiger partial charge on any atom is 0.229 e. The molecule has 0 amide bonds. The Balaban J connectivity index is 1.50. The maximum atomic E-state index is 5.51. The summed E-state index contributed by atoms with van der Waals surface area (Å²) in [6.45, 7) is 3.65. The first-order valence-corrected chi connectivity index (χ1v) is 9.11. The van der Waals surface area contributed by atoms with E-state index in [1.807, 2.05) is 36.4 Å². The summed E-state index contributed by atoms with van der Waals surface area (Å²) < 4.78 is 5.51. The molecule has 0 unspecified atom stereocenters. The molecule has 1 aromatic heterocycles. The molecule has 3 aromatic rings. The predicted octanol–water partition coefficient (Wildman–Crippen LogP) is 3.56. The smallest absolute Gasteiger partial charge is 0.229 e. The van der Waals surface area contributed by atoms with Gasteiger partial charge in [-0.2, -0.15) is 4.98 Å². The van der Waals surface area contributed by atoms with Gasteiger partial charge in [0.1, 0.15) is 0 Å². The van der Waals surface area contributed by atoms with E-state index in [9.17, 15) is 0 Å². The number of para-hydroxylation sites is 2. The minimum absolute atomic E-state index is 0.572. The van der Waals surface area contributed by atoms with Crippen molar-refractivity contribution in [2.75, 3.05) is 48.4 Å². The summed E-state index contributed by atoms with van der Waals surface area (Å²) in [5.74, 6) is 2.10. The number of nitrogens with zero attached hydrogens (tertiary/aromatic N) is 4. The van der Waals surface area contributed by atoms with Gasteiger partial charge in [-0.15, -0.1) is 0 Å². The monoisotopic (exact) mass is 361 g/mol. The molecule has 0 spiro atoms. The zero-order valence-corrected chi connectivity index (χ0v) is 15.4. The van der Waals surface area contributed by atoms with Crippen LogP contribution in [0, 0.1) is 0 Å². The third-order valence-corrected chi connectivity index (χ3v) is 4.69. The van der Waals surface area contributed by atoms with E-state index in [2.05, 4.69) is 44.4 Å². The third-order valence-electron chi connectivity index (χ3n) is 4.69. The van der Waals surface area contributed by atoms with Gasteiger partial charge in [0.05, 0.1) is 13.3 Å². The van der Waals surface area contributed by atoms with Crippen molar-refractivity contribution >= 4 is 23.1 Å². The molecule has 1 aliphatic heterocycles. The molecule has 138 valence electrons. The molecule has 0 aliphatic carbocycles. The van der Waals surface area contributed by atoms with Gasteiger partial charge in [-0.3, -0.25) is 0 Å². The molecular weight excluding hydrogens is 338 g/mol. The Labute approximate surface area is 159 Å². The highest BCUT2D eigenvalue weighted by molar-refractivity contribution is 5.60. The summed E-state index contributed by atoms with van der Waals surface area (Å²) in [6, 6.07) is 20.5. The topological polar surface area (TPSA) is 53.5 Å². The highest BCUT2D eigenvalue weighted by Crippen LogP contribution is 2.28. The zero-order chi connectivity index (χ0) is 18.5. The highest BCUT2D eigenvalue weighted by atomic mass is 16.5. The summed E-state index contributed by atoms with van der Waals surface area (Å²) in [7, 11) is 1.66. The number of hydrogen-bond donors (Lipinski definition) is 1. The van der Waals surface area contributed by atoms with Crippen molar-refractivity contribution in [1.29, 1.82) is 0 Å². The molecule has 4 rings (SSSR count). The largest absolute Gasteiger partial charge is 0.491 e. The molecule has 6 nitrogen and oxygen atoms in total. The average Bonchev–Trinajstić information content (AvgIpc) is 2.75. The number of rotatable bonds is 5. The van der Waals surface area contributed by atoms with Crippen LogP contribution in [0.15, 0.2) is 66.9 Å². The average molecular weight is 361 g/mol. The normalized spacial score (nSPS) is 14.1. The summed E-state index contributed by atoms with van der Waals surface area (Å²) in [4.78, 5) is 13.8. The highest BCUT2D eigenvalue weighted by Gasteiger charge is 2.22. The van der Waals surface area contributed by atoms with Gasteiger partial charge in [-0.25, -0.2) is 4.98 Å². The Kier molecular flexibility index (Phi) is 5.05. The molecule has 1 saturated heterocycles. The lowest BCUT2D eigenvalue weighted by molar-refractivity contribution is 0.409. The van der Waals surface area contributed by atoms with Crippen LogP contribution >= 0.6 is 0 Å². The zero-order valence-electron chi connectivity index (χ0n) is 15.4. The van der Waals surface area contributed by atoms with Crippen LogP contribution in [0.5, 0.6) is 5.75 Å². The van der Waals surface area contributed by atoms with Gasteiger partial charge in [-0.05, 0) is 24.3 Å². The number of benzene rings is 2. The van der Waals surface area contributed by atoms with E-state index in [1.54, 1.807) is 13.3 Å². The van der Waals surface area contributed by atoms with E-state index >= 15 is 0 Å². The van der Waals surface area contributed by atoms with Crippen molar-refractivity contribution in [1.82, 2.24) is 9.97 Å². The first kappa shape index (κ1) is 17.1. The first-order valence-electron chi connectivity index (χ1n) is 9.11. The van der Waals surface area contributed by atoms with Crippen LogP contribution in [0.2, 0.25) is 0 Å². The molecule has 1 aliphatic rings. The van der Waals surface area contributed by atoms with Gasteiger partial charge in [0.15, 0.2) is 11.6 Å². The van der Waals surface area contributed by atoms with Gasteiger partial charge in [0.2, 0.25) is 5.95 Å². The van der Waals surface area contributed by atoms with Gasteiger partial charge >= 0.3 is 0 Å². The fourth-order valence-electron chi connectivity index (χ4n) is 3.26. The summed E-state index contributed by atoms with van der Waals surface area (Å²) in [5.41, 5.74) is 2.22. The minimum Gasteiger partial charge on any atom is -0.491 e. The number of methoxy groups -OCH3 is 1. The molecule has 0 bridgehead atoms. The van der Waals surface area contributed by atoms with Crippen molar-refractivity contribution in [3.63, 3.8) is 0 Å². The Morgan fingerprint density at radius 2 is 1.48 bits per heavy atom. The van der Waals surface area contributed by atoms with E-state index in [-0.39, 0.29) is 0 Å². The quantitative estimate of drug-likeness (QED) is 0.750. The van der Waals surface area contributed by atoms with Crippen LogP contribution in [0.3, 0.4) is 0 Å². The number of nitrogens with one attached hydrogen (secondary N) is 1. The lowest BCUT2D eigenvalue weighted by atomic mass is 10.2. The van der Waals surface area contributed by atoms with E-state index < -0.39 is 0 Å². The Morgan fingerprint density at radius 3 is 2.15 bits per heavy atom. The molecule has 1 fully saturated rings. The lowest BCUT2D eigenvalue weighted by Crippen LogP contribution is -2.47. The second-order valence-corrected chi connectivity index (χ2v) is 6.39. The summed E-state index contributed by atoms with van der Waals surface area (Å²) >= 11 is 0. The molecule has 2 heterocycles. The second kappa shape index (κ2) is 7.95. The molecule has 0 saturated carbocycles. The molecule has 27 heavy (non-hydrogen) atoms. The van der Waals surface area contributed by atoms with Crippen LogP contribution < -0.4 is 19.9 Å². The van der Waals surface area contributed by atoms with Crippen LogP contribution in [-0.2, 0) is 0 Å². The van der Waals surface area contributed by atoms with Crippen molar-refractivity contribution in [2.24, 2.45) is 0 Å². The van der Waals surface area contributed by atoms with Crippen LogP contribution in [0.25, 0.3) is 0 Å². The molecule has 1 N–H and O–H groups in total. The SMILES string of the molecule is COc1cnc(Nc2ccccc2)nc1N1CCN(c2ccccc2)CC1. The number of anilines is 4. The summed E-state index contributed by atoms with van der Waals surface area (Å²) in [6.07, 6.45) is 1.73. The van der Waals surface area contributed by atoms with E-state index in [4.69, 9.17) is 9.72 Å². The molecule has 2 aromatic carbocycles. The van der Waals surface area contributed by atoms with Crippen molar-refractivity contribution in [3.05, 3.63) is 66.9 Å². The first-order chi connectivity index (χ1) is 13.3. The summed E-state index contributed by atoms with van der Waals surface area (Å²) in [5, 5.41) is 3.25. The fourth-order valence-corrected chi connectivity index (χ4v) is 3.26. The Morgan fingerprint density at radius 1 is 0.852 bits per heavy atom. The maximum absolute atomic E-state index is 5.51. The van der Waals surface area contributed by atoms with Gasteiger partial charge in [0.25, 0.3) is 0 Å². The van der Waals surface area contributed by atoms with Crippen LogP contribution in [0.1, 0.15) is 0 Å².